The Labute approximate surface area is 111 Å². The molecule has 1 fully saturated rings. The highest BCUT2D eigenvalue weighted by molar-refractivity contribution is 9.10. The van der Waals surface area contributed by atoms with Crippen LogP contribution in [0.5, 0.6) is 11.5 Å². The quantitative estimate of drug-likeness (QED) is 0.876. The van der Waals surface area contributed by atoms with Crippen LogP contribution >= 0.6 is 15.9 Å². The largest absolute Gasteiger partial charge is 0.497 e. The summed E-state index contributed by atoms with van der Waals surface area (Å²) in [5, 5.41) is 3.45. The van der Waals surface area contributed by atoms with Crippen molar-refractivity contribution in [1.82, 2.24) is 5.32 Å². The van der Waals surface area contributed by atoms with E-state index in [4.69, 9.17) is 9.47 Å². The van der Waals surface area contributed by atoms with Gasteiger partial charge >= 0.3 is 0 Å². The van der Waals surface area contributed by atoms with Crippen LogP contribution in [0.25, 0.3) is 0 Å². The SMILES string of the molecule is COc1ccc(OC(C)CNC2CC2)c(Br)c1. The Morgan fingerprint density at radius 1 is 1.47 bits per heavy atom. The fourth-order valence-corrected chi connectivity index (χ4v) is 2.03. The fraction of sp³-hybridized carbons (Fsp3) is 0.538. The summed E-state index contributed by atoms with van der Waals surface area (Å²) in [7, 11) is 1.66. The molecule has 4 heteroatoms. The number of nitrogens with one attached hydrogen (secondary N) is 1. The van der Waals surface area contributed by atoms with Gasteiger partial charge in [0, 0.05) is 12.6 Å². The highest BCUT2D eigenvalue weighted by Crippen LogP contribution is 2.29. The van der Waals surface area contributed by atoms with Crippen molar-refractivity contribution in [3.05, 3.63) is 22.7 Å². The van der Waals surface area contributed by atoms with Gasteiger partial charge in [-0.3, -0.25) is 0 Å². The maximum Gasteiger partial charge on any atom is 0.134 e. The number of hydrogen-bond acceptors (Lipinski definition) is 3. The van der Waals surface area contributed by atoms with Crippen molar-refractivity contribution < 1.29 is 9.47 Å². The van der Waals surface area contributed by atoms with Gasteiger partial charge in [-0.25, -0.2) is 0 Å². The molecule has 0 heterocycles. The first kappa shape index (κ1) is 12.7. The van der Waals surface area contributed by atoms with E-state index in [9.17, 15) is 0 Å². The van der Waals surface area contributed by atoms with Crippen LogP contribution in [-0.4, -0.2) is 25.8 Å². The van der Waals surface area contributed by atoms with Gasteiger partial charge in [0.15, 0.2) is 0 Å². The van der Waals surface area contributed by atoms with Gasteiger partial charge in [0.2, 0.25) is 0 Å². The van der Waals surface area contributed by atoms with E-state index >= 15 is 0 Å². The van der Waals surface area contributed by atoms with Crippen LogP contribution in [0.4, 0.5) is 0 Å². The summed E-state index contributed by atoms with van der Waals surface area (Å²) < 4.78 is 11.9. The van der Waals surface area contributed by atoms with Crippen LogP contribution < -0.4 is 14.8 Å². The molecule has 1 N–H and O–H groups in total. The summed E-state index contributed by atoms with van der Waals surface area (Å²) in [5.41, 5.74) is 0. The van der Waals surface area contributed by atoms with Crippen LogP contribution in [0.3, 0.4) is 0 Å². The predicted molar refractivity (Wildman–Crippen MR) is 71.8 cm³/mol. The van der Waals surface area contributed by atoms with E-state index in [-0.39, 0.29) is 6.10 Å². The molecule has 0 aromatic heterocycles. The molecule has 1 aliphatic rings. The monoisotopic (exact) mass is 299 g/mol. The maximum atomic E-state index is 5.86. The van der Waals surface area contributed by atoms with Crippen molar-refractivity contribution in [1.29, 1.82) is 0 Å². The number of halogens is 1. The molecular formula is C13H18BrNO2. The Kier molecular flexibility index (Phi) is 4.29. The molecule has 0 aliphatic heterocycles. The Hall–Kier alpha value is -0.740. The Morgan fingerprint density at radius 2 is 2.24 bits per heavy atom. The molecule has 1 aromatic rings. The molecule has 0 radical (unpaired) electrons. The summed E-state index contributed by atoms with van der Waals surface area (Å²) in [6.07, 6.45) is 2.78. The van der Waals surface area contributed by atoms with Gasteiger partial charge in [-0.15, -0.1) is 0 Å². The fourth-order valence-electron chi connectivity index (χ4n) is 1.58. The van der Waals surface area contributed by atoms with E-state index in [1.54, 1.807) is 7.11 Å². The molecule has 0 spiro atoms. The smallest absolute Gasteiger partial charge is 0.134 e. The van der Waals surface area contributed by atoms with Gasteiger partial charge in [-0.2, -0.15) is 0 Å². The number of ether oxygens (including phenoxy) is 2. The first-order valence-electron chi connectivity index (χ1n) is 5.92. The average Bonchev–Trinajstić information content (AvgIpc) is 3.13. The maximum absolute atomic E-state index is 5.86. The lowest BCUT2D eigenvalue weighted by Gasteiger charge is -2.16. The number of methoxy groups -OCH3 is 1. The molecule has 0 bridgehead atoms. The second-order valence-electron chi connectivity index (χ2n) is 4.41. The minimum atomic E-state index is 0.167. The Balaban J connectivity index is 1.87. The normalized spacial score (nSPS) is 16.6. The van der Waals surface area contributed by atoms with Gasteiger partial charge in [0.05, 0.1) is 11.6 Å². The standard InChI is InChI=1S/C13H18BrNO2/c1-9(8-15-10-3-4-10)17-13-6-5-11(16-2)7-12(13)14/h5-7,9-10,15H,3-4,8H2,1-2H3. The number of benzene rings is 1. The van der Waals surface area contributed by atoms with Crippen molar-refractivity contribution >= 4 is 15.9 Å². The lowest BCUT2D eigenvalue weighted by Crippen LogP contribution is -2.30. The first-order chi connectivity index (χ1) is 8.19. The van der Waals surface area contributed by atoms with Crippen LogP contribution in [0.2, 0.25) is 0 Å². The molecule has 1 saturated carbocycles. The Morgan fingerprint density at radius 3 is 2.82 bits per heavy atom. The average molecular weight is 300 g/mol. The summed E-state index contributed by atoms with van der Waals surface area (Å²) >= 11 is 3.48. The predicted octanol–water partition coefficient (Wildman–Crippen LogP) is 2.98. The summed E-state index contributed by atoms with van der Waals surface area (Å²) in [4.78, 5) is 0. The highest BCUT2D eigenvalue weighted by atomic mass is 79.9. The van der Waals surface area contributed by atoms with Gasteiger partial charge in [0.25, 0.3) is 0 Å². The van der Waals surface area contributed by atoms with Gasteiger partial charge in [-0.1, -0.05) is 0 Å². The molecule has 17 heavy (non-hydrogen) atoms. The lowest BCUT2D eigenvalue weighted by molar-refractivity contribution is 0.215. The first-order valence-corrected chi connectivity index (χ1v) is 6.72. The third-order valence-electron chi connectivity index (χ3n) is 2.74. The Bertz CT molecular complexity index is 380. The zero-order valence-corrected chi connectivity index (χ0v) is 11.8. The molecule has 1 aliphatic carbocycles. The van der Waals surface area contributed by atoms with Gasteiger partial charge < -0.3 is 14.8 Å². The molecule has 3 nitrogen and oxygen atoms in total. The second-order valence-corrected chi connectivity index (χ2v) is 5.26. The van der Waals surface area contributed by atoms with Crippen molar-refractivity contribution in [2.24, 2.45) is 0 Å². The van der Waals surface area contributed by atoms with Crippen LogP contribution in [0.1, 0.15) is 19.8 Å². The van der Waals surface area contributed by atoms with E-state index in [0.717, 1.165) is 28.6 Å². The summed E-state index contributed by atoms with van der Waals surface area (Å²) in [6, 6.07) is 6.47. The molecule has 2 rings (SSSR count). The van der Waals surface area contributed by atoms with E-state index in [1.165, 1.54) is 12.8 Å². The van der Waals surface area contributed by atoms with Crippen molar-refractivity contribution in [2.45, 2.75) is 31.9 Å². The lowest BCUT2D eigenvalue weighted by atomic mass is 10.3. The zero-order chi connectivity index (χ0) is 12.3. The molecule has 0 amide bonds. The summed E-state index contributed by atoms with van der Waals surface area (Å²) in [5.74, 6) is 1.68. The topological polar surface area (TPSA) is 30.5 Å². The molecular weight excluding hydrogens is 282 g/mol. The molecule has 1 aromatic carbocycles. The van der Waals surface area contributed by atoms with Gasteiger partial charge in [0.1, 0.15) is 17.6 Å². The minimum Gasteiger partial charge on any atom is -0.497 e. The third kappa shape index (κ3) is 3.89. The van der Waals surface area contributed by atoms with Crippen molar-refractivity contribution in [2.75, 3.05) is 13.7 Å². The van der Waals surface area contributed by atoms with Crippen LogP contribution in [-0.2, 0) is 0 Å². The van der Waals surface area contributed by atoms with Crippen molar-refractivity contribution in [3.63, 3.8) is 0 Å². The highest BCUT2D eigenvalue weighted by Gasteiger charge is 2.21. The van der Waals surface area contributed by atoms with E-state index in [0.29, 0.717) is 0 Å². The molecule has 1 atom stereocenters. The van der Waals surface area contributed by atoms with Crippen molar-refractivity contribution in [3.8, 4) is 11.5 Å². The number of hydrogen-bond donors (Lipinski definition) is 1. The minimum absolute atomic E-state index is 0.167. The van der Waals surface area contributed by atoms with E-state index in [2.05, 4.69) is 28.2 Å². The summed E-state index contributed by atoms with van der Waals surface area (Å²) in [6.45, 7) is 2.97. The van der Waals surface area contributed by atoms with E-state index in [1.807, 2.05) is 18.2 Å². The van der Waals surface area contributed by atoms with Crippen LogP contribution in [0, 0.1) is 0 Å². The number of rotatable bonds is 6. The van der Waals surface area contributed by atoms with Gasteiger partial charge in [-0.05, 0) is 53.9 Å². The van der Waals surface area contributed by atoms with E-state index < -0.39 is 0 Å². The van der Waals surface area contributed by atoms with Crippen LogP contribution in [0.15, 0.2) is 22.7 Å². The molecule has 0 saturated heterocycles. The molecule has 94 valence electrons. The zero-order valence-electron chi connectivity index (χ0n) is 10.2. The third-order valence-corrected chi connectivity index (χ3v) is 3.36. The molecule has 1 unspecified atom stereocenters. The second kappa shape index (κ2) is 5.74.